The fraction of sp³-hybridized carbons (Fsp3) is 0.143. The van der Waals surface area contributed by atoms with E-state index < -0.39 is 5.97 Å². The van der Waals surface area contributed by atoms with E-state index in [-0.39, 0.29) is 5.56 Å². The monoisotopic (exact) mass is 320 g/mol. The molecule has 0 fully saturated rings. The molecule has 1 aromatic heterocycles. The molecule has 0 aliphatic heterocycles. The van der Waals surface area contributed by atoms with Crippen molar-refractivity contribution >= 4 is 27.7 Å². The van der Waals surface area contributed by atoms with Gasteiger partial charge in [-0.2, -0.15) is 0 Å². The van der Waals surface area contributed by atoms with Crippen LogP contribution in [0.15, 0.2) is 47.1 Å². The largest absolute Gasteiger partial charge is 0.478 e. The molecule has 5 heteroatoms. The van der Waals surface area contributed by atoms with Crippen LogP contribution in [0.4, 0.5) is 5.82 Å². The van der Waals surface area contributed by atoms with Gasteiger partial charge in [0.05, 0.1) is 0 Å². The fourth-order valence-electron chi connectivity index (χ4n) is 1.83. The van der Waals surface area contributed by atoms with Crippen LogP contribution in [-0.4, -0.2) is 23.1 Å². The number of hydrogen-bond donors (Lipinski definition) is 1. The minimum atomic E-state index is -0.983. The molecule has 0 aliphatic rings. The molecule has 1 aromatic carbocycles. The Hall–Kier alpha value is -1.88. The average molecular weight is 321 g/mol. The number of carbonyl (C=O) groups is 1. The summed E-state index contributed by atoms with van der Waals surface area (Å²) in [5.41, 5.74) is 1.29. The Morgan fingerprint density at radius 1 is 1.37 bits per heavy atom. The molecule has 0 radical (unpaired) electrons. The highest BCUT2D eigenvalue weighted by molar-refractivity contribution is 9.10. The third-order valence-electron chi connectivity index (χ3n) is 2.69. The van der Waals surface area contributed by atoms with E-state index in [4.69, 9.17) is 0 Å². The topological polar surface area (TPSA) is 53.4 Å². The summed E-state index contributed by atoms with van der Waals surface area (Å²) in [7, 11) is 1.83. The summed E-state index contributed by atoms with van der Waals surface area (Å²) in [4.78, 5) is 17.3. The van der Waals surface area contributed by atoms with Crippen LogP contribution in [0, 0.1) is 0 Å². The van der Waals surface area contributed by atoms with Gasteiger partial charge in [-0.1, -0.05) is 30.3 Å². The molecule has 4 nitrogen and oxygen atoms in total. The van der Waals surface area contributed by atoms with Crippen molar-refractivity contribution < 1.29 is 9.90 Å². The van der Waals surface area contributed by atoms with Gasteiger partial charge in [0.25, 0.3) is 0 Å². The van der Waals surface area contributed by atoms with E-state index in [2.05, 4.69) is 20.9 Å². The van der Waals surface area contributed by atoms with Crippen LogP contribution in [0.1, 0.15) is 15.9 Å². The third kappa shape index (κ3) is 3.32. The molecule has 0 atom stereocenters. The van der Waals surface area contributed by atoms with Crippen LogP contribution in [0.2, 0.25) is 0 Å². The lowest BCUT2D eigenvalue weighted by Gasteiger charge is -2.20. The Labute approximate surface area is 119 Å². The van der Waals surface area contributed by atoms with Crippen molar-refractivity contribution in [3.05, 3.63) is 58.2 Å². The van der Waals surface area contributed by atoms with E-state index in [0.29, 0.717) is 16.8 Å². The summed E-state index contributed by atoms with van der Waals surface area (Å²) < 4.78 is 0.654. The number of halogens is 1. The second kappa shape index (κ2) is 5.84. The predicted octanol–water partition coefficient (Wildman–Crippen LogP) is 3.18. The number of rotatable bonds is 4. The van der Waals surface area contributed by atoms with Crippen molar-refractivity contribution in [2.75, 3.05) is 11.9 Å². The van der Waals surface area contributed by atoms with E-state index in [1.807, 2.05) is 42.3 Å². The smallest absolute Gasteiger partial charge is 0.339 e. The summed E-state index contributed by atoms with van der Waals surface area (Å²) in [6.07, 6.45) is 1.60. The zero-order valence-corrected chi connectivity index (χ0v) is 12.0. The normalized spacial score (nSPS) is 10.2. The quantitative estimate of drug-likeness (QED) is 0.940. The number of hydrogen-bond acceptors (Lipinski definition) is 3. The fourth-order valence-corrected chi connectivity index (χ4v) is 2.16. The van der Waals surface area contributed by atoms with E-state index >= 15 is 0 Å². The number of pyridine rings is 1. The van der Waals surface area contributed by atoms with Gasteiger partial charge in [0.1, 0.15) is 11.4 Å². The zero-order valence-electron chi connectivity index (χ0n) is 10.4. The Kier molecular flexibility index (Phi) is 4.16. The van der Waals surface area contributed by atoms with Crippen molar-refractivity contribution in [3.63, 3.8) is 0 Å². The molecule has 0 spiro atoms. The van der Waals surface area contributed by atoms with Gasteiger partial charge >= 0.3 is 5.97 Å². The maximum atomic E-state index is 11.2. The van der Waals surface area contributed by atoms with Crippen molar-refractivity contribution in [1.82, 2.24) is 4.98 Å². The summed E-state index contributed by atoms with van der Waals surface area (Å²) in [5, 5.41) is 9.22. The van der Waals surface area contributed by atoms with Crippen LogP contribution in [0.25, 0.3) is 0 Å². The zero-order chi connectivity index (χ0) is 13.8. The van der Waals surface area contributed by atoms with Gasteiger partial charge in [-0.05, 0) is 27.6 Å². The van der Waals surface area contributed by atoms with Gasteiger partial charge in [-0.3, -0.25) is 0 Å². The first-order chi connectivity index (χ1) is 9.08. The lowest BCUT2D eigenvalue weighted by molar-refractivity contribution is 0.0697. The summed E-state index contributed by atoms with van der Waals surface area (Å²) in [6, 6.07) is 11.4. The van der Waals surface area contributed by atoms with Crippen LogP contribution in [0.5, 0.6) is 0 Å². The second-order valence-corrected chi connectivity index (χ2v) is 5.09. The molecule has 2 aromatic rings. The summed E-state index contributed by atoms with van der Waals surface area (Å²) in [5.74, 6) is -0.525. The Morgan fingerprint density at radius 3 is 2.68 bits per heavy atom. The first kappa shape index (κ1) is 13.5. The number of aromatic carboxylic acids is 1. The first-order valence-corrected chi connectivity index (χ1v) is 6.51. The lowest BCUT2D eigenvalue weighted by atomic mass is 10.2. The molecule has 19 heavy (non-hydrogen) atoms. The van der Waals surface area contributed by atoms with Crippen LogP contribution in [-0.2, 0) is 6.54 Å². The van der Waals surface area contributed by atoms with Crippen molar-refractivity contribution in [3.8, 4) is 0 Å². The van der Waals surface area contributed by atoms with E-state index in [1.165, 1.54) is 0 Å². The molecular weight excluding hydrogens is 308 g/mol. The van der Waals surface area contributed by atoms with E-state index in [9.17, 15) is 9.90 Å². The lowest BCUT2D eigenvalue weighted by Crippen LogP contribution is -2.20. The number of anilines is 1. The minimum Gasteiger partial charge on any atom is -0.478 e. The number of aromatic nitrogens is 1. The van der Waals surface area contributed by atoms with Gasteiger partial charge in [0, 0.05) is 24.3 Å². The first-order valence-electron chi connectivity index (χ1n) is 5.72. The molecule has 0 saturated heterocycles. The molecule has 2 rings (SSSR count). The maximum absolute atomic E-state index is 11.2. The highest BCUT2D eigenvalue weighted by Crippen LogP contribution is 2.22. The Balaban J connectivity index is 2.28. The SMILES string of the molecule is CN(Cc1ccccc1)c1ncc(Br)cc1C(=O)O. The number of nitrogens with zero attached hydrogens (tertiary/aromatic N) is 2. The minimum absolute atomic E-state index is 0.188. The molecule has 98 valence electrons. The van der Waals surface area contributed by atoms with Crippen molar-refractivity contribution in [2.45, 2.75) is 6.54 Å². The highest BCUT2D eigenvalue weighted by Gasteiger charge is 2.15. The molecule has 0 amide bonds. The van der Waals surface area contributed by atoms with Crippen molar-refractivity contribution in [2.24, 2.45) is 0 Å². The molecule has 0 saturated carbocycles. The second-order valence-electron chi connectivity index (χ2n) is 4.17. The van der Waals surface area contributed by atoms with Crippen molar-refractivity contribution in [1.29, 1.82) is 0 Å². The molecule has 0 aliphatic carbocycles. The molecule has 0 unspecified atom stereocenters. The number of carboxylic acid groups (broad SMARTS) is 1. The van der Waals surface area contributed by atoms with E-state index in [0.717, 1.165) is 5.56 Å². The number of carboxylic acids is 1. The Bertz CT molecular complexity index is 587. The summed E-state index contributed by atoms with van der Waals surface area (Å²) >= 11 is 3.24. The van der Waals surface area contributed by atoms with Gasteiger partial charge in [-0.15, -0.1) is 0 Å². The average Bonchev–Trinajstić information content (AvgIpc) is 2.39. The maximum Gasteiger partial charge on any atom is 0.339 e. The molecule has 1 N–H and O–H groups in total. The molecule has 0 bridgehead atoms. The Morgan fingerprint density at radius 2 is 2.05 bits per heavy atom. The van der Waals surface area contributed by atoms with Crippen LogP contribution in [0.3, 0.4) is 0 Å². The van der Waals surface area contributed by atoms with Gasteiger partial charge in [-0.25, -0.2) is 9.78 Å². The predicted molar refractivity (Wildman–Crippen MR) is 77.4 cm³/mol. The standard InChI is InChI=1S/C14H13BrN2O2/c1-17(9-10-5-3-2-4-6-10)13-12(14(18)19)7-11(15)8-16-13/h2-8H,9H2,1H3,(H,18,19). The van der Waals surface area contributed by atoms with Gasteiger partial charge in [0.15, 0.2) is 0 Å². The third-order valence-corrected chi connectivity index (χ3v) is 3.12. The van der Waals surface area contributed by atoms with Crippen LogP contribution < -0.4 is 4.90 Å². The van der Waals surface area contributed by atoms with Crippen LogP contribution >= 0.6 is 15.9 Å². The molecular formula is C14H13BrN2O2. The summed E-state index contributed by atoms with van der Waals surface area (Å²) in [6.45, 7) is 0.607. The highest BCUT2D eigenvalue weighted by atomic mass is 79.9. The molecule has 1 heterocycles. The van der Waals surface area contributed by atoms with Gasteiger partial charge in [0.2, 0.25) is 0 Å². The van der Waals surface area contributed by atoms with Gasteiger partial charge < -0.3 is 10.0 Å². The number of benzene rings is 1. The van der Waals surface area contributed by atoms with E-state index in [1.54, 1.807) is 12.3 Å².